The number of rotatable bonds is 2. The highest BCUT2D eigenvalue weighted by Crippen LogP contribution is 2.65. The van der Waals surface area contributed by atoms with Gasteiger partial charge in [0.2, 0.25) is 0 Å². The molecule has 4 rings (SSSR count). The van der Waals surface area contributed by atoms with Crippen molar-refractivity contribution in [2.24, 2.45) is 23.7 Å². The van der Waals surface area contributed by atoms with E-state index in [1.54, 1.807) is 0 Å². The average molecular weight is 432 g/mol. The molecule has 4 heteroatoms. The molecule has 0 spiro atoms. The quantitative estimate of drug-likeness (QED) is 0.708. The standard InChI is InChI=1S/C15H15BrINO/c16-11-4-3-9(17)6-10(11)15(19)18-14-12-7-1-2-8(5-7)13(12)14/h3-4,6-8,12-14H,1-2,5H2,(H,18,19). The Balaban J connectivity index is 1.50. The topological polar surface area (TPSA) is 29.1 Å². The first-order chi connectivity index (χ1) is 9.15. The number of carbonyl (C=O) groups is 1. The first-order valence-corrected chi connectivity index (χ1v) is 8.78. The number of hydrogen-bond donors (Lipinski definition) is 1. The molecule has 4 unspecified atom stereocenters. The number of carbonyl (C=O) groups excluding carboxylic acids is 1. The van der Waals surface area contributed by atoms with Gasteiger partial charge in [-0.3, -0.25) is 4.79 Å². The third-order valence-electron chi connectivity index (χ3n) is 5.21. The molecule has 3 fully saturated rings. The van der Waals surface area contributed by atoms with Crippen molar-refractivity contribution in [3.05, 3.63) is 31.8 Å². The molecule has 0 heterocycles. The lowest BCUT2D eigenvalue weighted by Crippen LogP contribution is -2.30. The molecule has 1 N–H and O–H groups in total. The Morgan fingerprint density at radius 2 is 1.95 bits per heavy atom. The predicted molar refractivity (Wildman–Crippen MR) is 85.9 cm³/mol. The monoisotopic (exact) mass is 431 g/mol. The summed E-state index contributed by atoms with van der Waals surface area (Å²) in [5, 5.41) is 3.27. The Morgan fingerprint density at radius 3 is 2.63 bits per heavy atom. The van der Waals surface area contributed by atoms with Crippen LogP contribution in [0.4, 0.5) is 0 Å². The van der Waals surface area contributed by atoms with Gasteiger partial charge in [0.1, 0.15) is 0 Å². The fourth-order valence-corrected chi connectivity index (χ4v) is 5.34. The van der Waals surface area contributed by atoms with Gasteiger partial charge in [0, 0.05) is 14.1 Å². The van der Waals surface area contributed by atoms with Crippen molar-refractivity contribution in [1.82, 2.24) is 5.32 Å². The van der Waals surface area contributed by atoms with Crippen LogP contribution in [0.1, 0.15) is 29.6 Å². The van der Waals surface area contributed by atoms with E-state index in [0.717, 1.165) is 37.3 Å². The van der Waals surface area contributed by atoms with Crippen molar-refractivity contribution in [3.63, 3.8) is 0 Å². The van der Waals surface area contributed by atoms with Crippen molar-refractivity contribution in [2.75, 3.05) is 0 Å². The molecule has 19 heavy (non-hydrogen) atoms. The van der Waals surface area contributed by atoms with E-state index < -0.39 is 0 Å². The fourth-order valence-electron chi connectivity index (χ4n) is 4.42. The van der Waals surface area contributed by atoms with Crippen LogP contribution in [-0.4, -0.2) is 11.9 Å². The van der Waals surface area contributed by atoms with Gasteiger partial charge < -0.3 is 5.32 Å². The van der Waals surface area contributed by atoms with Gasteiger partial charge in [-0.2, -0.15) is 0 Å². The Bertz CT molecular complexity index is 545. The number of amides is 1. The van der Waals surface area contributed by atoms with E-state index in [-0.39, 0.29) is 5.91 Å². The van der Waals surface area contributed by atoms with E-state index in [4.69, 9.17) is 0 Å². The molecular weight excluding hydrogens is 417 g/mol. The molecule has 1 amide bonds. The zero-order chi connectivity index (χ0) is 13.1. The van der Waals surface area contributed by atoms with E-state index in [2.05, 4.69) is 43.8 Å². The third-order valence-corrected chi connectivity index (χ3v) is 6.57. The lowest BCUT2D eigenvalue weighted by Gasteiger charge is -2.11. The van der Waals surface area contributed by atoms with Crippen LogP contribution in [-0.2, 0) is 0 Å². The van der Waals surface area contributed by atoms with Gasteiger partial charge in [0.05, 0.1) is 5.56 Å². The lowest BCUT2D eigenvalue weighted by molar-refractivity contribution is 0.0943. The van der Waals surface area contributed by atoms with Crippen LogP contribution in [0.2, 0.25) is 0 Å². The van der Waals surface area contributed by atoms with Crippen LogP contribution in [0.3, 0.4) is 0 Å². The molecule has 3 aliphatic rings. The SMILES string of the molecule is O=C(NC1C2C3CCC(C3)C12)c1cc(I)ccc1Br. The van der Waals surface area contributed by atoms with Crippen molar-refractivity contribution in [2.45, 2.75) is 25.3 Å². The van der Waals surface area contributed by atoms with E-state index in [1.165, 1.54) is 19.3 Å². The Morgan fingerprint density at radius 1 is 1.26 bits per heavy atom. The number of nitrogens with one attached hydrogen (secondary N) is 1. The normalized spacial score (nSPS) is 38.1. The van der Waals surface area contributed by atoms with Crippen molar-refractivity contribution >= 4 is 44.4 Å². The van der Waals surface area contributed by atoms with Crippen molar-refractivity contribution in [1.29, 1.82) is 0 Å². The Labute approximate surface area is 135 Å². The molecule has 1 aromatic rings. The van der Waals surface area contributed by atoms with Gasteiger partial charge in [-0.05, 0) is 99.7 Å². The largest absolute Gasteiger partial charge is 0.349 e. The maximum atomic E-state index is 12.4. The van der Waals surface area contributed by atoms with Crippen LogP contribution < -0.4 is 5.32 Å². The van der Waals surface area contributed by atoms with Crippen LogP contribution in [0.25, 0.3) is 0 Å². The fraction of sp³-hybridized carbons (Fsp3) is 0.533. The summed E-state index contributed by atoms with van der Waals surface area (Å²) in [6, 6.07) is 6.37. The number of halogens is 2. The molecule has 0 aliphatic heterocycles. The van der Waals surface area contributed by atoms with Crippen LogP contribution in [0, 0.1) is 27.2 Å². The molecule has 3 aliphatic carbocycles. The first-order valence-electron chi connectivity index (χ1n) is 6.91. The summed E-state index contributed by atoms with van der Waals surface area (Å²) in [7, 11) is 0. The van der Waals surface area contributed by atoms with Crippen molar-refractivity contribution < 1.29 is 4.79 Å². The number of benzene rings is 1. The van der Waals surface area contributed by atoms with Crippen molar-refractivity contribution in [3.8, 4) is 0 Å². The lowest BCUT2D eigenvalue weighted by atomic mass is 10.0. The van der Waals surface area contributed by atoms with Gasteiger partial charge in [0.15, 0.2) is 0 Å². The minimum Gasteiger partial charge on any atom is -0.349 e. The molecule has 0 saturated heterocycles. The van der Waals surface area contributed by atoms with Gasteiger partial charge in [-0.25, -0.2) is 0 Å². The molecule has 1 aromatic carbocycles. The predicted octanol–water partition coefficient (Wildman–Crippen LogP) is 3.83. The summed E-state index contributed by atoms with van der Waals surface area (Å²) in [6.07, 6.45) is 4.21. The van der Waals surface area contributed by atoms with E-state index >= 15 is 0 Å². The maximum Gasteiger partial charge on any atom is 0.252 e. The number of hydrogen-bond acceptors (Lipinski definition) is 1. The zero-order valence-corrected chi connectivity index (χ0v) is 14.1. The van der Waals surface area contributed by atoms with E-state index in [1.807, 2.05) is 18.2 Å². The van der Waals surface area contributed by atoms with Crippen LogP contribution in [0.15, 0.2) is 22.7 Å². The van der Waals surface area contributed by atoms with E-state index in [0.29, 0.717) is 6.04 Å². The highest BCUT2D eigenvalue weighted by Gasteiger charge is 2.65. The summed E-state index contributed by atoms with van der Waals surface area (Å²) >= 11 is 5.72. The summed E-state index contributed by atoms with van der Waals surface area (Å²) < 4.78 is 1.99. The minimum atomic E-state index is 0.0872. The second kappa shape index (κ2) is 4.45. The Hall–Kier alpha value is -0.100. The molecule has 0 radical (unpaired) electrons. The molecule has 3 saturated carbocycles. The smallest absolute Gasteiger partial charge is 0.252 e. The zero-order valence-electron chi connectivity index (χ0n) is 10.4. The second-order valence-corrected chi connectivity index (χ2v) is 8.21. The summed E-state index contributed by atoms with van der Waals surface area (Å²) in [6.45, 7) is 0. The summed E-state index contributed by atoms with van der Waals surface area (Å²) in [5.74, 6) is 3.48. The molecule has 0 aromatic heterocycles. The molecular formula is C15H15BrINO. The van der Waals surface area contributed by atoms with Gasteiger partial charge >= 0.3 is 0 Å². The number of fused-ring (bicyclic) bond motifs is 5. The molecule has 2 nitrogen and oxygen atoms in total. The van der Waals surface area contributed by atoms with Gasteiger partial charge in [0.25, 0.3) is 5.91 Å². The third kappa shape index (κ3) is 1.97. The van der Waals surface area contributed by atoms with Crippen LogP contribution in [0.5, 0.6) is 0 Å². The second-order valence-electron chi connectivity index (χ2n) is 6.11. The molecule has 2 bridgehead atoms. The molecule has 4 atom stereocenters. The van der Waals surface area contributed by atoms with Gasteiger partial charge in [-0.15, -0.1) is 0 Å². The Kier molecular flexibility index (Phi) is 2.96. The maximum absolute atomic E-state index is 12.4. The first kappa shape index (κ1) is 12.6. The van der Waals surface area contributed by atoms with E-state index in [9.17, 15) is 4.79 Å². The summed E-state index contributed by atoms with van der Waals surface area (Å²) in [5.41, 5.74) is 0.768. The highest BCUT2D eigenvalue weighted by molar-refractivity contribution is 14.1. The molecule has 100 valence electrons. The van der Waals surface area contributed by atoms with Crippen LogP contribution >= 0.6 is 38.5 Å². The highest BCUT2D eigenvalue weighted by atomic mass is 127. The minimum absolute atomic E-state index is 0.0872. The summed E-state index contributed by atoms with van der Waals surface area (Å²) in [4.78, 5) is 12.4. The van der Waals surface area contributed by atoms with Gasteiger partial charge in [-0.1, -0.05) is 0 Å². The average Bonchev–Trinajstić information content (AvgIpc) is 2.80.